The molecule has 0 bridgehead atoms. The second-order valence-corrected chi connectivity index (χ2v) is 6.64. The molecule has 0 saturated carbocycles. The third-order valence-corrected chi connectivity index (χ3v) is 4.60. The van der Waals surface area contributed by atoms with E-state index in [1.165, 1.54) is 17.0 Å². The molecule has 2 heterocycles. The Morgan fingerprint density at radius 3 is 2.95 bits per heavy atom. The van der Waals surface area contributed by atoms with Crippen LogP contribution in [0.15, 0.2) is 30.3 Å². The molecule has 2 amide bonds. The second-order valence-electron chi connectivity index (χ2n) is 5.27. The summed E-state index contributed by atoms with van der Waals surface area (Å²) < 4.78 is 13.3. The fourth-order valence-corrected chi connectivity index (χ4v) is 3.38. The van der Waals surface area contributed by atoms with Crippen molar-refractivity contribution in [3.63, 3.8) is 0 Å². The number of carbonyl (C=O) groups is 2. The van der Waals surface area contributed by atoms with E-state index in [9.17, 15) is 14.0 Å². The number of anilines is 1. The van der Waals surface area contributed by atoms with Gasteiger partial charge in [0.2, 0.25) is 11.8 Å². The van der Waals surface area contributed by atoms with E-state index in [1.54, 1.807) is 17.4 Å². The normalized spacial score (nSPS) is 16.8. The summed E-state index contributed by atoms with van der Waals surface area (Å²) >= 11 is 1.62. The molecule has 22 heavy (non-hydrogen) atoms. The topological polar surface area (TPSA) is 58.2 Å². The Bertz CT molecular complexity index is 741. The van der Waals surface area contributed by atoms with Gasteiger partial charge in [0.1, 0.15) is 5.82 Å². The molecular weight excluding hydrogens is 303 g/mol. The van der Waals surface area contributed by atoms with Crippen LogP contribution in [-0.4, -0.2) is 11.8 Å². The molecule has 2 N–H and O–H groups in total. The van der Waals surface area contributed by atoms with Gasteiger partial charge in [-0.15, -0.1) is 11.3 Å². The van der Waals surface area contributed by atoms with Gasteiger partial charge >= 0.3 is 0 Å². The lowest BCUT2D eigenvalue weighted by Gasteiger charge is -2.24. The molecule has 0 aliphatic carbocycles. The molecule has 4 nitrogen and oxygen atoms in total. The molecule has 1 aliphatic heterocycles. The lowest BCUT2D eigenvalue weighted by atomic mass is 9.89. The number of thiophene rings is 1. The molecule has 1 aliphatic rings. The van der Waals surface area contributed by atoms with Gasteiger partial charge in [0.25, 0.3) is 0 Å². The lowest BCUT2D eigenvalue weighted by molar-refractivity contribution is -0.126. The van der Waals surface area contributed by atoms with Crippen LogP contribution in [0.1, 0.15) is 27.7 Å². The SMILES string of the molecule is Cc1ccc(CNC(=O)[C@H]2CC(=O)Nc3cc(F)ccc32)s1. The number of nitrogens with one attached hydrogen (secondary N) is 2. The van der Waals surface area contributed by atoms with Crippen molar-refractivity contribution >= 4 is 28.8 Å². The van der Waals surface area contributed by atoms with Crippen LogP contribution in [0.2, 0.25) is 0 Å². The van der Waals surface area contributed by atoms with Crippen LogP contribution in [0.4, 0.5) is 10.1 Å². The molecule has 2 aromatic rings. The highest BCUT2D eigenvalue weighted by Crippen LogP contribution is 2.33. The second kappa shape index (κ2) is 5.88. The first-order valence-corrected chi connectivity index (χ1v) is 7.77. The summed E-state index contributed by atoms with van der Waals surface area (Å²) in [5.41, 5.74) is 1.03. The first-order valence-electron chi connectivity index (χ1n) is 6.95. The maximum absolute atomic E-state index is 13.3. The molecule has 1 aromatic heterocycles. The van der Waals surface area contributed by atoms with Crippen LogP contribution >= 0.6 is 11.3 Å². The number of hydrogen-bond donors (Lipinski definition) is 2. The molecule has 114 valence electrons. The van der Waals surface area contributed by atoms with Crippen LogP contribution in [0.5, 0.6) is 0 Å². The van der Waals surface area contributed by atoms with Gasteiger partial charge in [0.15, 0.2) is 0 Å². The van der Waals surface area contributed by atoms with Gasteiger partial charge in [-0.3, -0.25) is 9.59 Å². The fraction of sp³-hybridized carbons (Fsp3) is 0.250. The van der Waals surface area contributed by atoms with E-state index >= 15 is 0 Å². The number of hydrogen-bond acceptors (Lipinski definition) is 3. The molecular formula is C16H15FN2O2S. The third-order valence-electron chi connectivity index (χ3n) is 3.60. The summed E-state index contributed by atoms with van der Waals surface area (Å²) in [6.45, 7) is 2.44. The molecule has 6 heteroatoms. The van der Waals surface area contributed by atoms with Crippen LogP contribution in [-0.2, 0) is 16.1 Å². The zero-order valence-corrected chi connectivity index (χ0v) is 12.8. The van der Waals surface area contributed by atoms with Crippen molar-refractivity contribution in [1.29, 1.82) is 0 Å². The van der Waals surface area contributed by atoms with Crippen molar-refractivity contribution < 1.29 is 14.0 Å². The highest BCUT2D eigenvalue weighted by molar-refractivity contribution is 7.11. The van der Waals surface area contributed by atoms with E-state index in [1.807, 2.05) is 19.1 Å². The van der Waals surface area contributed by atoms with Gasteiger partial charge in [0.05, 0.1) is 12.5 Å². The Balaban J connectivity index is 1.76. The zero-order valence-electron chi connectivity index (χ0n) is 12.0. The zero-order chi connectivity index (χ0) is 15.7. The standard InChI is InChI=1S/C16H15FN2O2S/c1-9-2-4-11(22-9)8-18-16(21)13-7-15(20)19-14-6-10(17)3-5-12(13)14/h2-6,13H,7-8H2,1H3,(H,18,21)(H,19,20)/t13-/m0/s1. The van der Waals surface area contributed by atoms with Crippen molar-refractivity contribution in [3.05, 3.63) is 51.5 Å². The van der Waals surface area contributed by atoms with Crippen LogP contribution in [0, 0.1) is 12.7 Å². The molecule has 1 atom stereocenters. The highest BCUT2D eigenvalue weighted by atomic mass is 32.1. The summed E-state index contributed by atoms with van der Waals surface area (Å²) in [4.78, 5) is 26.4. The molecule has 0 saturated heterocycles. The van der Waals surface area contributed by atoms with E-state index in [2.05, 4.69) is 10.6 Å². The minimum Gasteiger partial charge on any atom is -0.351 e. The predicted octanol–water partition coefficient (Wildman–Crippen LogP) is 2.94. The lowest BCUT2D eigenvalue weighted by Crippen LogP contribution is -2.34. The maximum atomic E-state index is 13.3. The highest BCUT2D eigenvalue weighted by Gasteiger charge is 2.30. The van der Waals surface area contributed by atoms with E-state index in [0.717, 1.165) is 4.88 Å². The fourth-order valence-electron chi connectivity index (χ4n) is 2.55. The number of benzene rings is 1. The van der Waals surface area contributed by atoms with Gasteiger partial charge in [-0.25, -0.2) is 4.39 Å². The van der Waals surface area contributed by atoms with Crippen molar-refractivity contribution in [2.45, 2.75) is 25.8 Å². The van der Waals surface area contributed by atoms with Crippen molar-refractivity contribution in [3.8, 4) is 0 Å². The molecule has 1 aromatic carbocycles. The number of halogens is 1. The minimum atomic E-state index is -0.578. The van der Waals surface area contributed by atoms with Crippen LogP contribution < -0.4 is 10.6 Å². The average Bonchev–Trinajstić information content (AvgIpc) is 2.89. The number of aryl methyl sites for hydroxylation is 1. The molecule has 0 fully saturated rings. The van der Waals surface area contributed by atoms with E-state index < -0.39 is 11.7 Å². The summed E-state index contributed by atoms with van der Waals surface area (Å²) in [5.74, 6) is -1.50. The van der Waals surface area contributed by atoms with Crippen LogP contribution in [0.25, 0.3) is 0 Å². The van der Waals surface area contributed by atoms with E-state index in [4.69, 9.17) is 0 Å². The van der Waals surface area contributed by atoms with Crippen molar-refractivity contribution in [2.24, 2.45) is 0 Å². The number of carbonyl (C=O) groups excluding carboxylic acids is 2. The third kappa shape index (κ3) is 3.01. The maximum Gasteiger partial charge on any atom is 0.228 e. The van der Waals surface area contributed by atoms with E-state index in [-0.39, 0.29) is 18.2 Å². The molecule has 0 unspecified atom stereocenters. The Morgan fingerprint density at radius 1 is 1.41 bits per heavy atom. The Hall–Kier alpha value is -2.21. The quantitative estimate of drug-likeness (QED) is 0.914. The smallest absolute Gasteiger partial charge is 0.228 e. The Kier molecular flexibility index (Phi) is 3.94. The molecule has 3 rings (SSSR count). The molecule has 0 radical (unpaired) electrons. The van der Waals surface area contributed by atoms with Gasteiger partial charge in [-0.05, 0) is 36.8 Å². The number of amides is 2. The monoisotopic (exact) mass is 318 g/mol. The summed E-state index contributed by atoms with van der Waals surface area (Å²) in [7, 11) is 0. The Labute approximate surface area is 131 Å². The van der Waals surface area contributed by atoms with Crippen molar-refractivity contribution in [1.82, 2.24) is 5.32 Å². The van der Waals surface area contributed by atoms with Gasteiger partial charge in [-0.1, -0.05) is 6.07 Å². The average molecular weight is 318 g/mol. The Morgan fingerprint density at radius 2 is 2.23 bits per heavy atom. The first kappa shape index (κ1) is 14.7. The number of rotatable bonds is 3. The van der Waals surface area contributed by atoms with Gasteiger partial charge in [-0.2, -0.15) is 0 Å². The van der Waals surface area contributed by atoms with Gasteiger partial charge in [0, 0.05) is 21.9 Å². The first-order chi connectivity index (χ1) is 10.5. The minimum absolute atomic E-state index is 0.0773. The van der Waals surface area contributed by atoms with Gasteiger partial charge < -0.3 is 10.6 Å². The van der Waals surface area contributed by atoms with Crippen molar-refractivity contribution in [2.75, 3.05) is 5.32 Å². The molecule has 0 spiro atoms. The largest absolute Gasteiger partial charge is 0.351 e. The number of fused-ring (bicyclic) bond motifs is 1. The predicted molar refractivity (Wildman–Crippen MR) is 83.3 cm³/mol. The summed E-state index contributed by atoms with van der Waals surface area (Å²) in [6, 6.07) is 8.08. The van der Waals surface area contributed by atoms with E-state index in [0.29, 0.717) is 17.8 Å². The van der Waals surface area contributed by atoms with Crippen LogP contribution in [0.3, 0.4) is 0 Å². The summed E-state index contributed by atoms with van der Waals surface area (Å²) in [5, 5.41) is 5.46. The summed E-state index contributed by atoms with van der Waals surface area (Å²) in [6.07, 6.45) is 0.0773.